The number of aromatic nitrogens is 1. The first-order chi connectivity index (χ1) is 12.1. The number of nitrogens with one attached hydrogen (secondary N) is 3. The van der Waals surface area contributed by atoms with Crippen molar-refractivity contribution >= 4 is 29.6 Å². The summed E-state index contributed by atoms with van der Waals surface area (Å²) in [5.41, 5.74) is 0.226. The number of hydrogen-bond acceptors (Lipinski definition) is 8. The molecule has 0 saturated carbocycles. The van der Waals surface area contributed by atoms with Crippen LogP contribution in [-0.4, -0.2) is 27.9 Å². The second-order valence-electron chi connectivity index (χ2n) is 5.66. The highest BCUT2D eigenvalue weighted by Gasteiger charge is 2.57. The summed E-state index contributed by atoms with van der Waals surface area (Å²) < 4.78 is 10.3. The Kier molecular flexibility index (Phi) is 2.38. The highest BCUT2D eigenvalue weighted by Crippen LogP contribution is 2.47. The van der Waals surface area contributed by atoms with Crippen molar-refractivity contribution < 1.29 is 23.6 Å². The van der Waals surface area contributed by atoms with Crippen LogP contribution in [0.4, 0.5) is 10.5 Å². The number of amides is 4. The molecule has 0 radical (unpaired) electrons. The topological polar surface area (TPSA) is 126 Å². The number of ether oxygens (including phenoxy) is 1. The number of fused-ring (bicyclic) bond motifs is 5. The van der Waals surface area contributed by atoms with Gasteiger partial charge in [-0.1, -0.05) is 5.16 Å². The van der Waals surface area contributed by atoms with E-state index in [-0.39, 0.29) is 5.70 Å². The summed E-state index contributed by atoms with van der Waals surface area (Å²) in [5.74, 6) is -1.02. The van der Waals surface area contributed by atoms with Gasteiger partial charge in [-0.25, -0.2) is 4.79 Å². The fourth-order valence-electron chi connectivity index (χ4n) is 3.19. The predicted octanol–water partition coefficient (Wildman–Crippen LogP) is 0.336. The van der Waals surface area contributed by atoms with Crippen LogP contribution >= 0.6 is 0 Å². The van der Waals surface area contributed by atoms with Crippen molar-refractivity contribution in [2.24, 2.45) is 5.41 Å². The van der Waals surface area contributed by atoms with E-state index in [2.05, 4.69) is 21.1 Å². The normalized spacial score (nSPS) is 22.3. The minimum atomic E-state index is -1.76. The summed E-state index contributed by atoms with van der Waals surface area (Å²) in [4.78, 5) is 38.4. The molecule has 1 aromatic heterocycles. The van der Waals surface area contributed by atoms with Gasteiger partial charge in [-0.05, 0) is 6.08 Å². The van der Waals surface area contributed by atoms with Gasteiger partial charge in [0.05, 0.1) is 23.3 Å². The van der Waals surface area contributed by atoms with E-state index in [0.717, 1.165) is 0 Å². The first kappa shape index (κ1) is 13.6. The van der Waals surface area contributed by atoms with Crippen molar-refractivity contribution in [3.63, 3.8) is 0 Å². The molecule has 5 rings (SSSR count). The smallest absolute Gasteiger partial charge is 0.328 e. The molecule has 10 heteroatoms. The van der Waals surface area contributed by atoms with Crippen LogP contribution in [-0.2, 0) is 14.3 Å². The molecule has 4 aliphatic rings. The van der Waals surface area contributed by atoms with Gasteiger partial charge >= 0.3 is 6.03 Å². The summed E-state index contributed by atoms with van der Waals surface area (Å²) in [6.07, 6.45) is 8.93. The van der Waals surface area contributed by atoms with E-state index in [1.54, 1.807) is 17.2 Å². The SMILES string of the molecule is O=C1NC(=O)C2(C=C3Nc4cnoc4C=C3N3C=COC=C32)C(=O)N1. The zero-order valence-electron chi connectivity index (χ0n) is 12.4. The van der Waals surface area contributed by atoms with Crippen molar-refractivity contribution in [3.05, 3.63) is 53.8 Å². The largest absolute Gasteiger partial charge is 0.469 e. The van der Waals surface area contributed by atoms with Crippen LogP contribution in [0.1, 0.15) is 5.76 Å². The molecule has 0 bridgehead atoms. The maximum atomic E-state index is 12.7. The number of rotatable bonds is 0. The Labute approximate surface area is 139 Å². The van der Waals surface area contributed by atoms with E-state index in [9.17, 15) is 14.4 Å². The maximum absolute atomic E-state index is 12.7. The van der Waals surface area contributed by atoms with Gasteiger partial charge in [-0.3, -0.25) is 20.2 Å². The quantitative estimate of drug-likeness (QED) is 0.578. The number of barbiturate groups is 1. The van der Waals surface area contributed by atoms with Crippen molar-refractivity contribution in [2.45, 2.75) is 0 Å². The molecule has 1 fully saturated rings. The number of imide groups is 2. The summed E-state index contributed by atoms with van der Waals surface area (Å²) >= 11 is 0. The second kappa shape index (κ2) is 4.38. The number of nitrogens with zero attached hydrogens (tertiary/aromatic N) is 2. The molecule has 25 heavy (non-hydrogen) atoms. The molecule has 0 atom stereocenters. The molecular weight excluding hydrogens is 330 g/mol. The fraction of sp³-hybridized carbons (Fsp3) is 0.0667. The fourth-order valence-corrected chi connectivity index (χ4v) is 3.19. The Balaban J connectivity index is 1.76. The molecule has 0 unspecified atom stereocenters. The van der Waals surface area contributed by atoms with Gasteiger partial charge in [-0.2, -0.15) is 0 Å². The van der Waals surface area contributed by atoms with Gasteiger partial charge in [0.15, 0.2) is 11.2 Å². The van der Waals surface area contributed by atoms with E-state index < -0.39 is 23.3 Å². The van der Waals surface area contributed by atoms with Crippen molar-refractivity contribution in [1.29, 1.82) is 0 Å². The van der Waals surface area contributed by atoms with E-state index in [1.165, 1.54) is 24.8 Å². The zero-order chi connectivity index (χ0) is 17.2. The lowest BCUT2D eigenvalue weighted by Crippen LogP contribution is -2.64. The molecule has 0 aromatic carbocycles. The van der Waals surface area contributed by atoms with Crippen LogP contribution in [0.25, 0.3) is 6.08 Å². The van der Waals surface area contributed by atoms with Crippen LogP contribution in [0.2, 0.25) is 0 Å². The molecule has 4 amide bonds. The zero-order valence-corrected chi connectivity index (χ0v) is 12.4. The molecule has 5 heterocycles. The Morgan fingerprint density at radius 3 is 2.72 bits per heavy atom. The molecule has 0 aliphatic carbocycles. The summed E-state index contributed by atoms with van der Waals surface area (Å²) in [6, 6.07) is -0.863. The minimum Gasteiger partial charge on any atom is -0.469 e. The lowest BCUT2D eigenvalue weighted by molar-refractivity contribution is -0.139. The summed E-state index contributed by atoms with van der Waals surface area (Å²) in [7, 11) is 0. The number of hydrogen-bond donors (Lipinski definition) is 3. The van der Waals surface area contributed by atoms with Gasteiger partial charge < -0.3 is 19.5 Å². The van der Waals surface area contributed by atoms with Crippen molar-refractivity contribution in [1.82, 2.24) is 20.7 Å². The standard InChI is InChI=1S/C15H9N5O5/c21-12-15(13(22)19-14(23)18-12)4-7-9(20-1-2-24-6-11(15)20)3-10-8(17-7)5-16-25-10/h1-6,17H,(H2,18,19,21,22,23). The monoisotopic (exact) mass is 339 g/mol. The average Bonchev–Trinajstić information content (AvgIpc) is 3.05. The number of urea groups is 1. The van der Waals surface area contributed by atoms with Crippen LogP contribution in [0.15, 0.2) is 52.6 Å². The van der Waals surface area contributed by atoms with Gasteiger partial charge in [0, 0.05) is 12.3 Å². The Bertz CT molecular complexity index is 962. The van der Waals surface area contributed by atoms with Crippen LogP contribution in [0, 0.1) is 5.41 Å². The van der Waals surface area contributed by atoms with E-state index >= 15 is 0 Å². The van der Waals surface area contributed by atoms with Gasteiger partial charge in [-0.15, -0.1) is 0 Å². The molecule has 10 nitrogen and oxygen atoms in total. The molecule has 1 spiro atoms. The van der Waals surface area contributed by atoms with Crippen LogP contribution in [0.5, 0.6) is 0 Å². The Morgan fingerprint density at radius 1 is 1.12 bits per heavy atom. The summed E-state index contributed by atoms with van der Waals surface area (Å²) in [6.45, 7) is 0. The minimum absolute atomic E-state index is 0.247. The molecule has 1 saturated heterocycles. The first-order valence-electron chi connectivity index (χ1n) is 7.25. The van der Waals surface area contributed by atoms with Gasteiger partial charge in [0.25, 0.3) is 11.8 Å². The lowest BCUT2D eigenvalue weighted by Gasteiger charge is -2.44. The van der Waals surface area contributed by atoms with Gasteiger partial charge in [0.2, 0.25) is 0 Å². The number of carbonyl (C=O) groups excluding carboxylic acids is 3. The third-order valence-electron chi connectivity index (χ3n) is 4.33. The number of carbonyl (C=O) groups is 3. The van der Waals surface area contributed by atoms with E-state index in [4.69, 9.17) is 9.26 Å². The Morgan fingerprint density at radius 2 is 1.92 bits per heavy atom. The summed E-state index contributed by atoms with van der Waals surface area (Å²) in [5, 5.41) is 11.1. The van der Waals surface area contributed by atoms with Crippen LogP contribution in [0.3, 0.4) is 0 Å². The second-order valence-corrected chi connectivity index (χ2v) is 5.66. The highest BCUT2D eigenvalue weighted by molar-refractivity contribution is 6.22. The molecule has 4 aliphatic heterocycles. The average molecular weight is 339 g/mol. The highest BCUT2D eigenvalue weighted by atomic mass is 16.5. The molecule has 1 aromatic rings. The third kappa shape index (κ3) is 1.62. The molecule has 124 valence electrons. The van der Waals surface area contributed by atoms with E-state index in [1.807, 2.05) is 0 Å². The van der Waals surface area contributed by atoms with Gasteiger partial charge in [0.1, 0.15) is 18.2 Å². The molecular formula is C15H9N5O5. The molecule has 3 N–H and O–H groups in total. The Hall–Kier alpha value is -3.82. The predicted molar refractivity (Wildman–Crippen MR) is 80.4 cm³/mol. The van der Waals surface area contributed by atoms with Crippen LogP contribution < -0.4 is 16.0 Å². The first-order valence-corrected chi connectivity index (χ1v) is 7.25. The lowest BCUT2D eigenvalue weighted by atomic mass is 9.76. The number of anilines is 1. The maximum Gasteiger partial charge on any atom is 0.328 e. The van der Waals surface area contributed by atoms with Crippen molar-refractivity contribution in [2.75, 3.05) is 5.32 Å². The van der Waals surface area contributed by atoms with E-state index in [0.29, 0.717) is 22.8 Å². The third-order valence-corrected chi connectivity index (χ3v) is 4.33. The van der Waals surface area contributed by atoms with Crippen molar-refractivity contribution in [3.8, 4) is 0 Å².